The van der Waals surface area contributed by atoms with Gasteiger partial charge in [0.15, 0.2) is 0 Å². The molecular formula is C31H36N8O15. The molecule has 0 aliphatic carbocycles. The molecule has 0 unspecified atom stereocenters. The van der Waals surface area contributed by atoms with Gasteiger partial charge in [-0.3, -0.25) is 60.7 Å². The molecule has 3 aromatic carbocycles. The molecule has 1 saturated heterocycles. The van der Waals surface area contributed by atoms with E-state index in [1.54, 1.807) is 0 Å². The first-order valence-electron chi connectivity index (χ1n) is 16.0. The van der Waals surface area contributed by atoms with Crippen LogP contribution in [-0.2, 0) is 10.2 Å². The lowest BCUT2D eigenvalue weighted by Crippen LogP contribution is -2.44. The number of piperidine rings is 1. The molecule has 23 nitrogen and oxygen atoms in total. The molecule has 4 rings (SSSR count). The van der Waals surface area contributed by atoms with Crippen LogP contribution in [0.3, 0.4) is 0 Å². The van der Waals surface area contributed by atoms with Crippen LogP contribution in [0.5, 0.6) is 11.5 Å². The molecule has 0 radical (unpaired) electrons. The highest BCUT2D eigenvalue weighted by Gasteiger charge is 2.36. The smallest absolute Gasteiger partial charge is 0.324 e. The number of nitro groups is 6. The molecule has 54 heavy (non-hydrogen) atoms. The molecule has 0 saturated carbocycles. The summed E-state index contributed by atoms with van der Waals surface area (Å²) >= 11 is 0. The van der Waals surface area contributed by atoms with Gasteiger partial charge >= 0.3 is 22.7 Å². The molecule has 0 bridgehead atoms. The maximum absolute atomic E-state index is 11.7. The van der Waals surface area contributed by atoms with Crippen LogP contribution < -0.4 is 0 Å². The number of carbonyl (C=O) groups excluding carboxylic acids is 1. The average Bonchev–Trinajstić information content (AvgIpc) is 3.14. The minimum atomic E-state index is -1.21. The summed E-state index contributed by atoms with van der Waals surface area (Å²) in [6.45, 7) is 11.1. The zero-order valence-electron chi connectivity index (χ0n) is 28.9. The number of non-ortho nitro benzene ring substituents is 2. The van der Waals surface area contributed by atoms with Gasteiger partial charge in [0.25, 0.3) is 22.9 Å². The first-order chi connectivity index (χ1) is 25.4. The van der Waals surface area contributed by atoms with Crippen molar-refractivity contribution in [2.24, 2.45) is 0 Å². The van der Waals surface area contributed by atoms with Gasteiger partial charge in [-0.2, -0.15) is 0 Å². The van der Waals surface area contributed by atoms with Crippen LogP contribution in [0.2, 0.25) is 0 Å². The third-order valence-corrected chi connectivity index (χ3v) is 8.48. The minimum Gasteiger partial charge on any atom is -0.497 e. The summed E-state index contributed by atoms with van der Waals surface area (Å²) in [6.07, 6.45) is 4.31. The molecule has 0 aromatic heterocycles. The summed E-state index contributed by atoms with van der Waals surface area (Å²) in [5.74, 6) is -2.42. The number of aldehydes is 1. The maximum Gasteiger partial charge on any atom is 0.324 e. The summed E-state index contributed by atoms with van der Waals surface area (Å²) in [4.78, 5) is 72.3. The largest absolute Gasteiger partial charge is 0.497 e. The molecule has 1 aliphatic rings. The summed E-state index contributed by atoms with van der Waals surface area (Å²) in [5, 5.41) is 80.4. The van der Waals surface area contributed by atoms with Crippen LogP contribution in [-0.4, -0.2) is 95.1 Å². The molecule has 23 heteroatoms. The monoisotopic (exact) mass is 760 g/mol. The number of hydrogen-bond acceptors (Lipinski definition) is 17. The van der Waals surface area contributed by atoms with Crippen molar-refractivity contribution < 1.29 is 44.5 Å². The first kappa shape index (κ1) is 43.4. The van der Waals surface area contributed by atoms with Gasteiger partial charge in [-0.25, -0.2) is 0 Å². The van der Waals surface area contributed by atoms with Crippen molar-refractivity contribution in [2.75, 3.05) is 39.3 Å². The van der Waals surface area contributed by atoms with Gasteiger partial charge in [-0.05, 0) is 64.1 Å². The SMILES string of the molecule is CCN(CC)CCCN1CCC(C=O)(c2ccccc2)CC1.O=[N+]([O-])c1cc([N+](=O)[O-])c(O)c([N+](=O)[O-])c1.O=[N+]([O-])c1cc([N+](=O)[O-])c(O)c([N+](=O)[O-])c1. The number of phenols is 2. The zero-order chi connectivity index (χ0) is 40.7. The lowest BCUT2D eigenvalue weighted by Gasteiger charge is -2.38. The Morgan fingerprint density at radius 3 is 1.33 bits per heavy atom. The number of hydrogen-bond donors (Lipinski definition) is 2. The predicted molar refractivity (Wildman–Crippen MR) is 188 cm³/mol. The van der Waals surface area contributed by atoms with Gasteiger partial charge < -0.3 is 24.8 Å². The fourth-order valence-corrected chi connectivity index (χ4v) is 5.43. The van der Waals surface area contributed by atoms with Gasteiger partial charge in [0.1, 0.15) is 6.29 Å². The second-order valence-corrected chi connectivity index (χ2v) is 11.6. The number of nitrogens with zero attached hydrogens (tertiary/aromatic N) is 8. The van der Waals surface area contributed by atoms with Crippen molar-refractivity contribution in [2.45, 2.75) is 38.5 Å². The van der Waals surface area contributed by atoms with E-state index in [2.05, 4.69) is 35.8 Å². The maximum atomic E-state index is 11.7. The molecule has 1 aliphatic heterocycles. The van der Waals surface area contributed by atoms with E-state index in [4.69, 9.17) is 10.2 Å². The van der Waals surface area contributed by atoms with Crippen LogP contribution in [0.15, 0.2) is 54.6 Å². The van der Waals surface area contributed by atoms with Crippen molar-refractivity contribution in [1.29, 1.82) is 0 Å². The standard InChI is InChI=1S/C19H30N2O.2C6H3N3O7/c1-3-20(4-2)13-8-14-21-15-11-19(17-22,12-16-21)18-9-6-5-7-10-18;2*10-6-4(8(13)14)1-3(7(11)12)2-5(6)9(15)16/h5-7,9-10,17H,3-4,8,11-16H2,1-2H3;2*1-2,10H. The summed E-state index contributed by atoms with van der Waals surface area (Å²) < 4.78 is 0. The fraction of sp³-hybridized carbons (Fsp3) is 0.387. The third-order valence-electron chi connectivity index (χ3n) is 8.48. The van der Waals surface area contributed by atoms with E-state index >= 15 is 0 Å². The van der Waals surface area contributed by atoms with Crippen molar-refractivity contribution >= 4 is 40.4 Å². The Morgan fingerprint density at radius 2 is 1.04 bits per heavy atom. The molecule has 3 aromatic rings. The quantitative estimate of drug-likeness (QED) is 0.121. The van der Waals surface area contributed by atoms with Crippen LogP contribution >= 0.6 is 0 Å². The van der Waals surface area contributed by atoms with Gasteiger partial charge in [0.05, 0.1) is 59.2 Å². The Morgan fingerprint density at radius 1 is 0.667 bits per heavy atom. The van der Waals surface area contributed by atoms with E-state index in [0.29, 0.717) is 24.3 Å². The van der Waals surface area contributed by atoms with E-state index in [1.165, 1.54) is 24.8 Å². The lowest BCUT2D eigenvalue weighted by molar-refractivity contribution is -0.404. The molecule has 0 spiro atoms. The van der Waals surface area contributed by atoms with Gasteiger partial charge in [-0.15, -0.1) is 0 Å². The first-order valence-corrected chi connectivity index (χ1v) is 16.0. The molecule has 1 heterocycles. The fourth-order valence-electron chi connectivity index (χ4n) is 5.43. The van der Waals surface area contributed by atoms with E-state index in [-0.39, 0.29) is 5.41 Å². The van der Waals surface area contributed by atoms with Gasteiger partial charge in [0.2, 0.25) is 0 Å². The highest BCUT2D eigenvalue weighted by atomic mass is 16.7. The zero-order valence-corrected chi connectivity index (χ0v) is 28.9. The van der Waals surface area contributed by atoms with Gasteiger partial charge in [0, 0.05) is 0 Å². The predicted octanol–water partition coefficient (Wildman–Crippen LogP) is 5.18. The highest BCUT2D eigenvalue weighted by molar-refractivity contribution is 5.69. The van der Waals surface area contributed by atoms with Crippen LogP contribution in [0.4, 0.5) is 34.1 Å². The van der Waals surface area contributed by atoms with Crippen LogP contribution in [0.25, 0.3) is 0 Å². The Bertz CT molecular complexity index is 1700. The van der Waals surface area contributed by atoms with E-state index in [9.17, 15) is 65.5 Å². The number of rotatable bonds is 14. The van der Waals surface area contributed by atoms with Gasteiger partial charge in [-0.1, -0.05) is 44.2 Å². The van der Waals surface area contributed by atoms with Crippen molar-refractivity contribution in [1.82, 2.24) is 9.80 Å². The number of nitro benzene ring substituents is 6. The molecule has 0 atom stereocenters. The normalized spacial score (nSPS) is 13.3. The molecule has 0 amide bonds. The van der Waals surface area contributed by atoms with E-state index < -0.39 is 75.2 Å². The molecule has 1 fully saturated rings. The minimum absolute atomic E-state index is 0.253. The van der Waals surface area contributed by atoms with Crippen LogP contribution in [0.1, 0.15) is 38.7 Å². The number of likely N-dealkylation sites (tertiary alicyclic amines) is 1. The highest BCUT2D eigenvalue weighted by Crippen LogP contribution is 2.40. The molecule has 290 valence electrons. The van der Waals surface area contributed by atoms with Crippen molar-refractivity contribution in [3.8, 4) is 11.5 Å². The van der Waals surface area contributed by atoms with E-state index in [1.807, 2.05) is 18.2 Å². The van der Waals surface area contributed by atoms with Crippen molar-refractivity contribution in [3.05, 3.63) is 121 Å². The van der Waals surface area contributed by atoms with Crippen LogP contribution in [0, 0.1) is 60.7 Å². The van der Waals surface area contributed by atoms with E-state index in [0.717, 1.165) is 45.6 Å². The topological polar surface area (TPSA) is 323 Å². The summed E-state index contributed by atoms with van der Waals surface area (Å²) in [7, 11) is 0. The summed E-state index contributed by atoms with van der Waals surface area (Å²) in [5.41, 5.74) is -5.07. The number of aromatic hydroxyl groups is 2. The Kier molecular flexibility index (Phi) is 15.9. The number of phenolic OH excluding ortho intramolecular Hbond substituents is 2. The number of carbonyl (C=O) groups is 1. The molecule has 2 N–H and O–H groups in total. The average molecular weight is 761 g/mol. The Labute approximate surface area is 304 Å². The molecular weight excluding hydrogens is 724 g/mol. The Hall–Kier alpha value is -6.75. The second kappa shape index (κ2) is 19.7. The third kappa shape index (κ3) is 11.4. The summed E-state index contributed by atoms with van der Waals surface area (Å²) in [6, 6.07) is 12.1. The number of benzene rings is 3. The lowest BCUT2D eigenvalue weighted by atomic mass is 9.74. The van der Waals surface area contributed by atoms with Crippen molar-refractivity contribution in [3.63, 3.8) is 0 Å². The second-order valence-electron chi connectivity index (χ2n) is 11.6. The Balaban J connectivity index is 0.000000286.